The van der Waals surface area contributed by atoms with Crippen LogP contribution in [-0.4, -0.2) is 32.0 Å². The number of nitrogens with one attached hydrogen (secondary N) is 1. The minimum atomic E-state index is -2.84. The van der Waals surface area contributed by atoms with E-state index in [-0.39, 0.29) is 6.04 Å². The Morgan fingerprint density at radius 3 is 2.45 bits per heavy atom. The first-order valence-corrected chi connectivity index (χ1v) is 10.4. The molecule has 0 aromatic heterocycles. The molecule has 3 nitrogen and oxygen atoms in total. The number of rotatable bonds is 5. The first-order chi connectivity index (χ1) is 10.6. The van der Waals surface area contributed by atoms with Crippen molar-refractivity contribution in [2.45, 2.75) is 57.0 Å². The van der Waals surface area contributed by atoms with Gasteiger partial charge in [0, 0.05) is 12.1 Å². The largest absolute Gasteiger partial charge is 0.310 e. The molecule has 1 heterocycles. The second kappa shape index (κ2) is 7.14. The highest BCUT2D eigenvalue weighted by Gasteiger charge is 2.30. The molecule has 2 fully saturated rings. The number of benzene rings is 1. The van der Waals surface area contributed by atoms with Gasteiger partial charge in [0.1, 0.15) is 0 Å². The number of hydrogen-bond donors (Lipinski definition) is 1. The molecule has 1 aromatic rings. The van der Waals surface area contributed by atoms with Crippen LogP contribution in [0.15, 0.2) is 30.3 Å². The molecule has 0 amide bonds. The van der Waals surface area contributed by atoms with Crippen LogP contribution in [0.4, 0.5) is 0 Å². The highest BCUT2D eigenvalue weighted by molar-refractivity contribution is 7.91. The summed E-state index contributed by atoms with van der Waals surface area (Å²) in [7, 11) is -2.84. The van der Waals surface area contributed by atoms with Gasteiger partial charge in [-0.15, -0.1) is 0 Å². The predicted molar refractivity (Wildman–Crippen MR) is 90.7 cm³/mol. The van der Waals surface area contributed by atoms with Crippen molar-refractivity contribution in [3.8, 4) is 0 Å². The van der Waals surface area contributed by atoms with Gasteiger partial charge in [0.25, 0.3) is 0 Å². The average Bonchev–Trinajstić information content (AvgIpc) is 3.01. The fourth-order valence-corrected chi connectivity index (χ4v) is 5.70. The van der Waals surface area contributed by atoms with Gasteiger partial charge in [0.15, 0.2) is 9.84 Å². The van der Waals surface area contributed by atoms with Gasteiger partial charge >= 0.3 is 0 Å². The number of sulfone groups is 1. The Hall–Kier alpha value is -0.870. The lowest BCUT2D eigenvalue weighted by atomic mass is 9.91. The fourth-order valence-electron chi connectivity index (χ4n) is 4.05. The van der Waals surface area contributed by atoms with Crippen LogP contribution in [0.2, 0.25) is 0 Å². The fraction of sp³-hybridized carbons (Fsp3) is 0.667. The van der Waals surface area contributed by atoms with Crippen LogP contribution in [0, 0.1) is 5.92 Å². The highest BCUT2D eigenvalue weighted by atomic mass is 32.2. The van der Waals surface area contributed by atoms with Crippen molar-refractivity contribution in [1.29, 1.82) is 0 Å². The normalized spacial score (nSPS) is 26.8. The molecule has 1 aliphatic carbocycles. The average molecular weight is 321 g/mol. The van der Waals surface area contributed by atoms with E-state index in [1.165, 1.54) is 31.2 Å². The van der Waals surface area contributed by atoms with Crippen LogP contribution in [-0.2, 0) is 16.3 Å². The molecule has 4 heteroatoms. The third-order valence-corrected chi connectivity index (χ3v) is 7.00. The molecule has 2 aliphatic rings. The Bertz CT molecular complexity index is 564. The maximum absolute atomic E-state index is 11.9. The zero-order valence-electron chi connectivity index (χ0n) is 13.2. The van der Waals surface area contributed by atoms with Crippen molar-refractivity contribution in [2.75, 3.05) is 11.5 Å². The molecule has 1 N–H and O–H groups in total. The van der Waals surface area contributed by atoms with E-state index < -0.39 is 9.84 Å². The molecule has 1 saturated heterocycles. The molecule has 0 radical (unpaired) electrons. The molecule has 1 aromatic carbocycles. The standard InChI is InChI=1S/C18H27NO2S/c20-22(21)12-6-11-17(14-22)19-18(16-9-4-5-10-16)13-15-7-2-1-3-8-15/h1-3,7-8,16-19H,4-6,9-14H2. The Morgan fingerprint density at radius 1 is 1.05 bits per heavy atom. The summed E-state index contributed by atoms with van der Waals surface area (Å²) in [6.07, 6.45) is 8.02. The van der Waals surface area contributed by atoms with Gasteiger partial charge in [-0.1, -0.05) is 43.2 Å². The maximum atomic E-state index is 11.9. The molecule has 2 unspecified atom stereocenters. The number of hydrogen-bond acceptors (Lipinski definition) is 3. The van der Waals surface area contributed by atoms with Crippen LogP contribution in [0.1, 0.15) is 44.1 Å². The molecule has 1 aliphatic heterocycles. The molecule has 3 rings (SSSR count). The second-order valence-electron chi connectivity index (χ2n) is 6.96. The van der Waals surface area contributed by atoms with Gasteiger partial charge in [0.2, 0.25) is 0 Å². The third-order valence-electron chi connectivity index (χ3n) is 5.18. The van der Waals surface area contributed by atoms with Crippen LogP contribution in [0.25, 0.3) is 0 Å². The predicted octanol–water partition coefficient (Wildman–Crippen LogP) is 2.95. The Labute approximate surface area is 134 Å². The van der Waals surface area contributed by atoms with E-state index in [9.17, 15) is 8.42 Å². The quantitative estimate of drug-likeness (QED) is 0.907. The monoisotopic (exact) mass is 321 g/mol. The molecule has 2 atom stereocenters. The maximum Gasteiger partial charge on any atom is 0.151 e. The molecule has 1 saturated carbocycles. The van der Waals surface area contributed by atoms with Crippen LogP contribution >= 0.6 is 0 Å². The molecule has 0 spiro atoms. The molecule has 122 valence electrons. The SMILES string of the molecule is O=S1(=O)CCCC(NC(Cc2ccccc2)C2CCCC2)C1. The van der Waals surface area contributed by atoms with Crippen molar-refractivity contribution >= 4 is 9.84 Å². The summed E-state index contributed by atoms with van der Waals surface area (Å²) in [5, 5.41) is 3.72. The van der Waals surface area contributed by atoms with Crippen molar-refractivity contribution in [3.63, 3.8) is 0 Å². The molecular formula is C18H27NO2S. The van der Waals surface area contributed by atoms with Gasteiger partial charge in [-0.25, -0.2) is 8.42 Å². The third kappa shape index (κ3) is 4.32. The zero-order chi connectivity index (χ0) is 15.4. The van der Waals surface area contributed by atoms with E-state index in [4.69, 9.17) is 0 Å². The van der Waals surface area contributed by atoms with Gasteiger partial charge in [-0.05, 0) is 43.6 Å². The molecule has 0 bridgehead atoms. The lowest BCUT2D eigenvalue weighted by Gasteiger charge is -2.32. The second-order valence-corrected chi connectivity index (χ2v) is 9.19. The summed E-state index contributed by atoms with van der Waals surface area (Å²) in [5.74, 6) is 1.40. The summed E-state index contributed by atoms with van der Waals surface area (Å²) in [6, 6.07) is 11.2. The lowest BCUT2D eigenvalue weighted by molar-refractivity contribution is 0.316. The summed E-state index contributed by atoms with van der Waals surface area (Å²) in [4.78, 5) is 0. The van der Waals surface area contributed by atoms with E-state index in [2.05, 4.69) is 35.6 Å². The Morgan fingerprint density at radius 2 is 1.77 bits per heavy atom. The van der Waals surface area contributed by atoms with Gasteiger partial charge < -0.3 is 5.32 Å². The van der Waals surface area contributed by atoms with Gasteiger partial charge in [0.05, 0.1) is 11.5 Å². The van der Waals surface area contributed by atoms with Crippen molar-refractivity contribution in [2.24, 2.45) is 5.92 Å². The van der Waals surface area contributed by atoms with E-state index >= 15 is 0 Å². The minimum Gasteiger partial charge on any atom is -0.310 e. The summed E-state index contributed by atoms with van der Waals surface area (Å²) >= 11 is 0. The minimum absolute atomic E-state index is 0.146. The van der Waals surface area contributed by atoms with E-state index in [1.54, 1.807) is 0 Å². The molecular weight excluding hydrogens is 294 g/mol. The summed E-state index contributed by atoms with van der Waals surface area (Å²) in [5.41, 5.74) is 1.35. The first-order valence-electron chi connectivity index (χ1n) is 8.63. The van der Waals surface area contributed by atoms with Gasteiger partial charge in [-0.3, -0.25) is 0 Å². The van der Waals surface area contributed by atoms with E-state index in [1.807, 2.05) is 0 Å². The Kier molecular flexibility index (Phi) is 5.19. The van der Waals surface area contributed by atoms with E-state index in [0.717, 1.165) is 19.3 Å². The van der Waals surface area contributed by atoms with Crippen molar-refractivity contribution in [3.05, 3.63) is 35.9 Å². The van der Waals surface area contributed by atoms with Gasteiger partial charge in [-0.2, -0.15) is 0 Å². The topological polar surface area (TPSA) is 46.2 Å². The van der Waals surface area contributed by atoms with Crippen molar-refractivity contribution in [1.82, 2.24) is 5.32 Å². The summed E-state index contributed by atoms with van der Waals surface area (Å²) in [6.45, 7) is 0. The lowest BCUT2D eigenvalue weighted by Crippen LogP contribution is -2.48. The summed E-state index contributed by atoms with van der Waals surface area (Å²) < 4.78 is 23.8. The molecule has 22 heavy (non-hydrogen) atoms. The van der Waals surface area contributed by atoms with Crippen LogP contribution in [0.5, 0.6) is 0 Å². The highest BCUT2D eigenvalue weighted by Crippen LogP contribution is 2.30. The van der Waals surface area contributed by atoms with Crippen molar-refractivity contribution < 1.29 is 8.42 Å². The Balaban J connectivity index is 1.68. The smallest absolute Gasteiger partial charge is 0.151 e. The van der Waals surface area contributed by atoms with Crippen LogP contribution < -0.4 is 5.32 Å². The van der Waals surface area contributed by atoms with E-state index in [0.29, 0.717) is 23.5 Å². The first kappa shape index (κ1) is 16.0. The zero-order valence-corrected chi connectivity index (χ0v) is 14.0. The van der Waals surface area contributed by atoms with Crippen LogP contribution in [0.3, 0.4) is 0 Å².